The van der Waals surface area contributed by atoms with Crippen LogP contribution in [0.25, 0.3) is 21.7 Å². The van der Waals surface area contributed by atoms with Crippen molar-refractivity contribution in [1.29, 1.82) is 0 Å². The van der Waals surface area contributed by atoms with E-state index in [2.05, 4.69) is 32.5 Å². The third-order valence-electron chi connectivity index (χ3n) is 3.58. The maximum Gasteiger partial charge on any atom is 0.419 e. The number of hydrogen-bond donors (Lipinski definition) is 1. The summed E-state index contributed by atoms with van der Waals surface area (Å²) in [6.45, 7) is 0.637. The first-order valence-electron chi connectivity index (χ1n) is 7.01. The van der Waals surface area contributed by atoms with Crippen LogP contribution in [0.4, 0.5) is 5.69 Å². The normalized spacial score (nSPS) is 11.2. The van der Waals surface area contributed by atoms with E-state index < -0.39 is 0 Å². The third kappa shape index (κ3) is 2.69. The van der Waals surface area contributed by atoms with Gasteiger partial charge in [-0.05, 0) is 29.6 Å². The van der Waals surface area contributed by atoms with Gasteiger partial charge in [0.1, 0.15) is 5.01 Å². The first-order chi connectivity index (χ1) is 11.2. The summed E-state index contributed by atoms with van der Waals surface area (Å²) >= 11 is 3.32. The van der Waals surface area contributed by atoms with E-state index >= 15 is 0 Å². The Morgan fingerprint density at radius 1 is 1.30 bits per heavy atom. The molecule has 7 heteroatoms. The number of anilines is 1. The van der Waals surface area contributed by atoms with Gasteiger partial charge in [-0.15, -0.1) is 11.3 Å². The van der Waals surface area contributed by atoms with Crippen molar-refractivity contribution in [2.45, 2.75) is 6.54 Å². The molecule has 116 valence electrons. The summed E-state index contributed by atoms with van der Waals surface area (Å²) in [5.41, 5.74) is 4.46. The van der Waals surface area contributed by atoms with Crippen molar-refractivity contribution in [1.82, 2.24) is 9.55 Å². The lowest BCUT2D eigenvalue weighted by molar-refractivity contribution is 0.528. The number of benzene rings is 1. The van der Waals surface area contributed by atoms with E-state index in [0.29, 0.717) is 12.1 Å². The van der Waals surface area contributed by atoms with Crippen LogP contribution in [0.1, 0.15) is 5.69 Å². The van der Waals surface area contributed by atoms with E-state index in [0.717, 1.165) is 21.9 Å². The van der Waals surface area contributed by atoms with E-state index in [-0.39, 0.29) is 5.76 Å². The summed E-state index contributed by atoms with van der Waals surface area (Å²) in [7, 11) is 1.70. The van der Waals surface area contributed by atoms with Crippen LogP contribution in [0.15, 0.2) is 49.6 Å². The van der Waals surface area contributed by atoms with Gasteiger partial charge < -0.3 is 9.73 Å². The van der Waals surface area contributed by atoms with Crippen LogP contribution in [0, 0.1) is 0 Å². The largest absolute Gasteiger partial charge is 0.419 e. The molecular weight excluding hydrogens is 330 g/mol. The number of fused-ring (bicyclic) bond motifs is 1. The highest BCUT2D eigenvalue weighted by atomic mass is 32.1. The van der Waals surface area contributed by atoms with Crippen LogP contribution >= 0.6 is 22.7 Å². The Hall–Kier alpha value is -2.38. The molecule has 4 rings (SSSR count). The highest BCUT2D eigenvalue weighted by Gasteiger charge is 2.08. The number of aryl methyl sites for hydroxylation is 1. The van der Waals surface area contributed by atoms with E-state index in [9.17, 15) is 4.79 Å². The Balaban J connectivity index is 1.53. The summed E-state index contributed by atoms with van der Waals surface area (Å²) in [6, 6.07) is 7.69. The maximum absolute atomic E-state index is 11.5. The molecule has 3 aromatic heterocycles. The van der Waals surface area contributed by atoms with Gasteiger partial charge in [-0.1, -0.05) is 0 Å². The van der Waals surface area contributed by atoms with Gasteiger partial charge in [0.25, 0.3) is 0 Å². The van der Waals surface area contributed by atoms with Crippen LogP contribution in [-0.4, -0.2) is 9.55 Å². The van der Waals surface area contributed by atoms with Crippen LogP contribution in [0.2, 0.25) is 0 Å². The number of oxazole rings is 1. The van der Waals surface area contributed by atoms with Crippen LogP contribution in [0.5, 0.6) is 0 Å². The number of aromatic nitrogens is 2. The Bertz CT molecular complexity index is 1010. The van der Waals surface area contributed by atoms with E-state index in [1.165, 1.54) is 10.1 Å². The lowest BCUT2D eigenvalue weighted by Gasteiger charge is -2.04. The Morgan fingerprint density at radius 3 is 3.04 bits per heavy atom. The highest BCUT2D eigenvalue weighted by molar-refractivity contribution is 7.14. The van der Waals surface area contributed by atoms with Crippen LogP contribution < -0.4 is 11.1 Å². The molecule has 0 saturated heterocycles. The molecule has 0 aliphatic heterocycles. The SMILES string of the molecule is Cn1c(=O)oc2ccc(NCc3csc(-c4ccsc4)n3)cc21. The zero-order valence-corrected chi connectivity index (χ0v) is 13.9. The molecule has 0 saturated carbocycles. The predicted molar refractivity (Wildman–Crippen MR) is 94.2 cm³/mol. The average Bonchev–Trinajstić information content (AvgIpc) is 3.27. The Kier molecular flexibility index (Phi) is 3.51. The molecule has 5 nitrogen and oxygen atoms in total. The molecule has 3 heterocycles. The second kappa shape index (κ2) is 5.68. The molecule has 0 bridgehead atoms. The predicted octanol–water partition coefficient (Wildman–Crippen LogP) is 3.93. The molecule has 1 aromatic carbocycles. The molecule has 23 heavy (non-hydrogen) atoms. The van der Waals surface area contributed by atoms with Crippen molar-refractivity contribution in [2.75, 3.05) is 5.32 Å². The fourth-order valence-corrected chi connectivity index (χ4v) is 3.87. The molecule has 0 aliphatic carbocycles. The number of thiophene rings is 1. The Morgan fingerprint density at radius 2 is 2.22 bits per heavy atom. The van der Waals surface area contributed by atoms with Gasteiger partial charge in [-0.25, -0.2) is 9.78 Å². The smallest absolute Gasteiger partial charge is 0.408 e. The minimum Gasteiger partial charge on any atom is -0.408 e. The molecule has 1 N–H and O–H groups in total. The summed E-state index contributed by atoms with van der Waals surface area (Å²) in [6.07, 6.45) is 0. The molecule has 0 fully saturated rings. The van der Waals surface area contributed by atoms with Crippen molar-refractivity contribution >= 4 is 39.5 Å². The Labute approximate surface area is 139 Å². The first-order valence-corrected chi connectivity index (χ1v) is 8.83. The summed E-state index contributed by atoms with van der Waals surface area (Å²) in [5, 5.41) is 10.6. The maximum atomic E-state index is 11.5. The topological polar surface area (TPSA) is 60.1 Å². The minimum atomic E-state index is -0.350. The third-order valence-corrected chi connectivity index (χ3v) is 5.21. The van der Waals surface area contributed by atoms with E-state index in [4.69, 9.17) is 4.42 Å². The fraction of sp³-hybridized carbons (Fsp3) is 0.125. The number of nitrogens with zero attached hydrogens (tertiary/aromatic N) is 2. The van der Waals surface area contributed by atoms with Gasteiger partial charge in [-0.3, -0.25) is 4.57 Å². The zero-order chi connectivity index (χ0) is 15.8. The van der Waals surface area contributed by atoms with Crippen LogP contribution in [-0.2, 0) is 13.6 Å². The summed E-state index contributed by atoms with van der Waals surface area (Å²) in [5.74, 6) is -0.350. The van der Waals surface area contributed by atoms with Gasteiger partial charge in [0.2, 0.25) is 0 Å². The minimum absolute atomic E-state index is 0.350. The average molecular weight is 343 g/mol. The molecule has 0 aliphatic rings. The van der Waals surface area contributed by atoms with Crippen molar-refractivity contribution in [3.63, 3.8) is 0 Å². The van der Waals surface area contributed by atoms with Crippen LogP contribution in [0.3, 0.4) is 0 Å². The lowest BCUT2D eigenvalue weighted by Crippen LogP contribution is -2.08. The number of thiazole rings is 1. The van der Waals surface area contributed by atoms with Gasteiger partial charge in [0.05, 0.1) is 17.8 Å². The number of hydrogen-bond acceptors (Lipinski definition) is 6. The van der Waals surface area contributed by atoms with Crippen molar-refractivity contribution in [3.05, 3.63) is 56.7 Å². The lowest BCUT2D eigenvalue weighted by atomic mass is 10.2. The second-order valence-corrected chi connectivity index (χ2v) is 6.76. The monoisotopic (exact) mass is 343 g/mol. The summed E-state index contributed by atoms with van der Waals surface area (Å²) in [4.78, 5) is 16.2. The molecule has 0 amide bonds. The summed E-state index contributed by atoms with van der Waals surface area (Å²) < 4.78 is 6.63. The van der Waals surface area contributed by atoms with Gasteiger partial charge in [0, 0.05) is 29.1 Å². The van der Waals surface area contributed by atoms with Gasteiger partial charge >= 0.3 is 5.76 Å². The number of nitrogens with one attached hydrogen (secondary N) is 1. The quantitative estimate of drug-likeness (QED) is 0.610. The highest BCUT2D eigenvalue weighted by Crippen LogP contribution is 2.26. The molecular formula is C16H13N3O2S2. The van der Waals surface area contributed by atoms with Gasteiger partial charge in [0.15, 0.2) is 5.58 Å². The molecule has 0 atom stereocenters. The van der Waals surface area contributed by atoms with Gasteiger partial charge in [-0.2, -0.15) is 11.3 Å². The van der Waals surface area contributed by atoms with E-state index in [1.807, 2.05) is 12.1 Å². The number of rotatable bonds is 4. The van der Waals surface area contributed by atoms with Crippen molar-refractivity contribution < 1.29 is 4.42 Å². The van der Waals surface area contributed by atoms with Crippen molar-refractivity contribution in [2.24, 2.45) is 7.05 Å². The molecule has 0 radical (unpaired) electrons. The molecule has 4 aromatic rings. The standard InChI is InChI=1S/C16H13N3O2S2/c1-19-13-6-11(2-3-14(13)21-16(19)20)17-7-12-9-23-15(18-12)10-4-5-22-8-10/h2-6,8-9,17H,7H2,1H3. The molecule has 0 spiro atoms. The first kappa shape index (κ1) is 14.2. The second-order valence-electron chi connectivity index (χ2n) is 5.12. The van der Waals surface area contributed by atoms with Crippen molar-refractivity contribution in [3.8, 4) is 10.6 Å². The van der Waals surface area contributed by atoms with E-state index in [1.54, 1.807) is 35.8 Å². The zero-order valence-electron chi connectivity index (χ0n) is 12.3. The molecule has 0 unspecified atom stereocenters. The fourth-order valence-electron chi connectivity index (χ4n) is 2.34.